The molecule has 2 rings (SSSR count). The first-order chi connectivity index (χ1) is 8.80. The van der Waals surface area contributed by atoms with Crippen molar-refractivity contribution in [3.05, 3.63) is 46.7 Å². The maximum atomic E-state index is 13.1. The Morgan fingerprint density at radius 3 is 2.58 bits per heavy atom. The van der Waals surface area contributed by atoms with Crippen LogP contribution in [0.3, 0.4) is 0 Å². The summed E-state index contributed by atoms with van der Waals surface area (Å²) in [5.74, 6) is 0. The highest BCUT2D eigenvalue weighted by Crippen LogP contribution is 2.35. The number of rotatable bonds is 2. The van der Waals surface area contributed by atoms with Crippen LogP contribution in [0.1, 0.15) is 24.2 Å². The van der Waals surface area contributed by atoms with E-state index in [4.69, 9.17) is 17.3 Å². The number of aromatic nitrogens is 2. The number of nitrogens with two attached hydrogens (primary N) is 1. The Kier molecular flexibility index (Phi) is 3.56. The lowest BCUT2D eigenvalue weighted by Crippen LogP contribution is -2.18. The van der Waals surface area contributed by atoms with Gasteiger partial charge in [-0.15, -0.1) is 0 Å². The zero-order valence-electron chi connectivity index (χ0n) is 9.95. The Morgan fingerprint density at radius 2 is 2.05 bits per heavy atom. The predicted octanol–water partition coefficient (Wildman–Crippen LogP) is 3.56. The molecular weight excluding hydrogens is 279 g/mol. The van der Waals surface area contributed by atoms with Gasteiger partial charge in [0.2, 0.25) is 0 Å². The highest BCUT2D eigenvalue weighted by molar-refractivity contribution is 6.30. The van der Waals surface area contributed by atoms with Gasteiger partial charge < -0.3 is 5.73 Å². The van der Waals surface area contributed by atoms with Crippen molar-refractivity contribution in [3.63, 3.8) is 0 Å². The fourth-order valence-electron chi connectivity index (χ4n) is 1.78. The smallest absolute Gasteiger partial charge is 0.324 e. The molecule has 0 radical (unpaired) electrons. The first kappa shape index (κ1) is 13.9. The van der Waals surface area contributed by atoms with E-state index in [1.54, 1.807) is 12.1 Å². The van der Waals surface area contributed by atoms with Gasteiger partial charge in [0.05, 0.1) is 11.9 Å². The number of halogens is 4. The average Bonchev–Trinajstić information content (AvgIpc) is 2.73. The molecule has 1 heterocycles. The predicted molar refractivity (Wildman–Crippen MR) is 66.2 cm³/mol. The summed E-state index contributed by atoms with van der Waals surface area (Å²) in [5, 5.41) is 4.11. The zero-order valence-corrected chi connectivity index (χ0v) is 10.7. The number of benzene rings is 1. The maximum Gasteiger partial charge on any atom is 0.433 e. The van der Waals surface area contributed by atoms with Crippen LogP contribution in [0.25, 0.3) is 5.69 Å². The molecule has 0 aliphatic heterocycles. The lowest BCUT2D eigenvalue weighted by atomic mass is 10.1. The van der Waals surface area contributed by atoms with Crippen molar-refractivity contribution in [2.45, 2.75) is 19.1 Å². The molecule has 1 atom stereocenters. The molecule has 0 spiro atoms. The van der Waals surface area contributed by atoms with E-state index < -0.39 is 17.9 Å². The van der Waals surface area contributed by atoms with Gasteiger partial charge in [-0.25, -0.2) is 4.68 Å². The van der Waals surface area contributed by atoms with Gasteiger partial charge in [0.25, 0.3) is 0 Å². The monoisotopic (exact) mass is 289 g/mol. The molecule has 0 saturated heterocycles. The van der Waals surface area contributed by atoms with Gasteiger partial charge in [-0.2, -0.15) is 18.3 Å². The van der Waals surface area contributed by atoms with Crippen LogP contribution in [0.15, 0.2) is 30.5 Å². The Morgan fingerprint density at radius 1 is 1.37 bits per heavy atom. The third-order valence-electron chi connectivity index (χ3n) is 2.61. The molecule has 0 aliphatic carbocycles. The summed E-state index contributed by atoms with van der Waals surface area (Å²) in [6.45, 7) is 1.48. The van der Waals surface area contributed by atoms with E-state index in [9.17, 15) is 13.2 Å². The standard InChI is InChI=1S/C12H11ClF3N3/c1-7(17)10-6-18-19(11(10)12(14,15)16)9-4-2-3-8(13)5-9/h2-7H,17H2,1H3. The molecule has 0 amide bonds. The fraction of sp³-hybridized carbons (Fsp3) is 0.250. The van der Waals surface area contributed by atoms with Crippen molar-refractivity contribution in [2.75, 3.05) is 0 Å². The molecule has 0 aliphatic rings. The van der Waals surface area contributed by atoms with Crippen LogP contribution in [0.4, 0.5) is 13.2 Å². The van der Waals surface area contributed by atoms with Crippen molar-refractivity contribution < 1.29 is 13.2 Å². The Labute approximate surface area is 112 Å². The lowest BCUT2D eigenvalue weighted by Gasteiger charge is -2.14. The van der Waals surface area contributed by atoms with Gasteiger partial charge in [0.1, 0.15) is 0 Å². The summed E-state index contributed by atoms with van der Waals surface area (Å²) in [5.41, 5.74) is 4.88. The van der Waals surface area contributed by atoms with Crippen LogP contribution < -0.4 is 5.73 Å². The van der Waals surface area contributed by atoms with Crippen molar-refractivity contribution >= 4 is 11.6 Å². The molecule has 1 unspecified atom stereocenters. The van der Waals surface area contributed by atoms with Gasteiger partial charge in [0, 0.05) is 16.6 Å². The maximum absolute atomic E-state index is 13.1. The average molecular weight is 290 g/mol. The molecule has 3 nitrogen and oxygen atoms in total. The SMILES string of the molecule is CC(N)c1cnn(-c2cccc(Cl)c2)c1C(F)(F)F. The van der Waals surface area contributed by atoms with E-state index in [0.29, 0.717) is 5.02 Å². The summed E-state index contributed by atoms with van der Waals surface area (Å²) >= 11 is 5.78. The van der Waals surface area contributed by atoms with Crippen LogP contribution >= 0.6 is 11.6 Å². The Hall–Kier alpha value is -1.53. The molecule has 7 heteroatoms. The molecule has 19 heavy (non-hydrogen) atoms. The zero-order chi connectivity index (χ0) is 14.2. The van der Waals surface area contributed by atoms with Gasteiger partial charge in [-0.05, 0) is 25.1 Å². The third-order valence-corrected chi connectivity index (χ3v) is 2.84. The van der Waals surface area contributed by atoms with Crippen LogP contribution in [0, 0.1) is 0 Å². The first-order valence-electron chi connectivity index (χ1n) is 5.47. The molecule has 0 fully saturated rings. The van der Waals surface area contributed by atoms with Crippen LogP contribution in [0.5, 0.6) is 0 Å². The minimum Gasteiger partial charge on any atom is -0.324 e. The van der Waals surface area contributed by atoms with E-state index in [2.05, 4.69) is 5.10 Å². The highest BCUT2D eigenvalue weighted by Gasteiger charge is 2.39. The van der Waals surface area contributed by atoms with Crippen LogP contribution in [0.2, 0.25) is 5.02 Å². The summed E-state index contributed by atoms with van der Waals surface area (Å²) < 4.78 is 40.2. The summed E-state index contributed by atoms with van der Waals surface area (Å²) in [7, 11) is 0. The topological polar surface area (TPSA) is 43.8 Å². The van der Waals surface area contributed by atoms with E-state index in [-0.39, 0.29) is 11.3 Å². The van der Waals surface area contributed by atoms with Crippen LogP contribution in [-0.4, -0.2) is 9.78 Å². The number of nitrogens with zero attached hydrogens (tertiary/aromatic N) is 2. The van der Waals surface area contributed by atoms with E-state index >= 15 is 0 Å². The second-order valence-electron chi connectivity index (χ2n) is 4.13. The first-order valence-corrected chi connectivity index (χ1v) is 5.85. The van der Waals surface area contributed by atoms with E-state index in [1.165, 1.54) is 19.1 Å². The highest BCUT2D eigenvalue weighted by atomic mass is 35.5. The lowest BCUT2D eigenvalue weighted by molar-refractivity contribution is -0.143. The Balaban J connectivity index is 2.65. The quantitative estimate of drug-likeness (QED) is 0.918. The van der Waals surface area contributed by atoms with Gasteiger partial charge in [0.15, 0.2) is 5.69 Å². The van der Waals surface area contributed by atoms with Crippen molar-refractivity contribution in [1.29, 1.82) is 0 Å². The second-order valence-corrected chi connectivity index (χ2v) is 4.56. The van der Waals surface area contributed by atoms with Crippen molar-refractivity contribution in [3.8, 4) is 5.69 Å². The molecule has 1 aromatic carbocycles. The largest absolute Gasteiger partial charge is 0.433 e. The minimum atomic E-state index is -4.54. The fourth-order valence-corrected chi connectivity index (χ4v) is 1.97. The molecule has 0 saturated carbocycles. The molecular formula is C12H11ClF3N3. The summed E-state index contributed by atoms with van der Waals surface area (Å²) in [6, 6.07) is 5.29. The molecule has 2 aromatic rings. The van der Waals surface area contributed by atoms with E-state index in [0.717, 1.165) is 10.9 Å². The van der Waals surface area contributed by atoms with E-state index in [1.807, 2.05) is 0 Å². The minimum absolute atomic E-state index is 0.0486. The summed E-state index contributed by atoms with van der Waals surface area (Å²) in [4.78, 5) is 0. The molecule has 0 bridgehead atoms. The number of hydrogen-bond acceptors (Lipinski definition) is 2. The van der Waals surface area contributed by atoms with Crippen LogP contribution in [-0.2, 0) is 6.18 Å². The van der Waals surface area contributed by atoms with Gasteiger partial charge in [-0.1, -0.05) is 17.7 Å². The van der Waals surface area contributed by atoms with Crippen molar-refractivity contribution in [2.24, 2.45) is 5.73 Å². The van der Waals surface area contributed by atoms with Gasteiger partial charge >= 0.3 is 6.18 Å². The second kappa shape index (κ2) is 4.86. The normalized spacial score (nSPS) is 13.6. The third kappa shape index (κ3) is 2.74. The summed E-state index contributed by atoms with van der Waals surface area (Å²) in [6.07, 6.45) is -3.41. The Bertz CT molecular complexity index is 590. The molecule has 1 aromatic heterocycles. The molecule has 2 N–H and O–H groups in total. The number of hydrogen-bond donors (Lipinski definition) is 1. The number of alkyl halides is 3. The van der Waals surface area contributed by atoms with Crippen molar-refractivity contribution in [1.82, 2.24) is 9.78 Å². The molecule has 102 valence electrons. The van der Waals surface area contributed by atoms with Gasteiger partial charge in [-0.3, -0.25) is 0 Å².